The monoisotopic (exact) mass is 711 g/mol. The molecular weight excluding hydrogens is 670 g/mol. The molecule has 274 valence electrons. The van der Waals surface area contributed by atoms with Crippen molar-refractivity contribution < 1.29 is 68.3 Å². The molecule has 51 heavy (non-hydrogen) atoms. The van der Waals surface area contributed by atoms with Gasteiger partial charge in [0.25, 0.3) is 5.91 Å². The molecule has 1 amide bonds. The molecule has 0 unspecified atom stereocenters. The number of ether oxygens (including phenoxy) is 7. The lowest BCUT2D eigenvalue weighted by molar-refractivity contribution is -0.340. The number of nitrogens with zero attached hydrogens (tertiary/aromatic N) is 1. The van der Waals surface area contributed by atoms with E-state index in [9.17, 15) is 35.1 Å². The number of amides is 1. The Morgan fingerprint density at radius 1 is 1.02 bits per heavy atom. The lowest BCUT2D eigenvalue weighted by atomic mass is 9.73. The van der Waals surface area contributed by atoms with E-state index in [4.69, 9.17) is 33.2 Å². The Kier molecular flexibility index (Phi) is 10.5. The molecule has 0 spiro atoms. The number of aliphatic hydroxyl groups is 3. The second-order valence-corrected chi connectivity index (χ2v) is 12.6. The first-order valence-corrected chi connectivity index (χ1v) is 16.3. The largest absolute Gasteiger partial charge is 0.504 e. The number of phenolic OH excluding ortho intramolecular Hbond substituents is 2. The summed E-state index contributed by atoms with van der Waals surface area (Å²) >= 11 is 0. The number of fused-ring (bicyclic) bond motifs is 4. The van der Waals surface area contributed by atoms with Crippen molar-refractivity contribution in [3.05, 3.63) is 71.5 Å². The molecule has 5 N–H and O–H groups in total. The lowest BCUT2D eigenvalue weighted by Gasteiger charge is -2.49. The molecule has 0 aromatic heterocycles. The number of phenols is 2. The highest BCUT2D eigenvalue weighted by Crippen LogP contribution is 2.49. The van der Waals surface area contributed by atoms with Crippen LogP contribution < -0.4 is 14.2 Å². The first-order chi connectivity index (χ1) is 24.5. The lowest BCUT2D eigenvalue weighted by Crippen LogP contribution is -2.61. The first-order valence-electron chi connectivity index (χ1n) is 16.3. The zero-order chi connectivity index (χ0) is 36.6. The van der Waals surface area contributed by atoms with Gasteiger partial charge in [0.15, 0.2) is 29.1 Å². The average molecular weight is 712 g/mol. The molecule has 2 aromatic carbocycles. The Morgan fingerprint density at radius 3 is 2.37 bits per heavy atom. The van der Waals surface area contributed by atoms with Gasteiger partial charge in [0, 0.05) is 24.5 Å². The third-order valence-electron chi connectivity index (χ3n) is 9.82. The fraction of sp³-hybridized carbons (Fsp3) is 0.444. The third-order valence-corrected chi connectivity index (χ3v) is 9.82. The van der Waals surface area contributed by atoms with Gasteiger partial charge in [-0.05, 0) is 59.9 Å². The number of rotatable bonds is 10. The molecule has 2 saturated heterocycles. The molecule has 9 atom stereocenters. The predicted molar refractivity (Wildman–Crippen MR) is 177 cm³/mol. The molecular formula is C36H41NO14. The van der Waals surface area contributed by atoms with E-state index in [-0.39, 0.29) is 34.9 Å². The summed E-state index contributed by atoms with van der Waals surface area (Å²) in [7, 11) is 4.17. The molecule has 4 heterocycles. The number of methoxy groups -OCH3 is 3. The fourth-order valence-corrected chi connectivity index (χ4v) is 7.16. The first kappa shape index (κ1) is 36.0. The number of benzene rings is 2. The van der Waals surface area contributed by atoms with Crippen molar-refractivity contribution in [1.29, 1.82) is 0 Å². The molecule has 0 saturated carbocycles. The number of carbonyl (C=O) groups is 2. The molecule has 6 rings (SSSR count). The minimum atomic E-state index is -1.74. The van der Waals surface area contributed by atoms with E-state index in [0.29, 0.717) is 36.3 Å². The Bertz CT molecular complexity index is 1700. The smallest absolute Gasteiger partial charge is 0.331 e. The van der Waals surface area contributed by atoms with Crippen LogP contribution in [-0.2, 0) is 35.0 Å². The van der Waals surface area contributed by atoms with Crippen LogP contribution in [0.5, 0.6) is 28.7 Å². The Morgan fingerprint density at radius 2 is 1.73 bits per heavy atom. The molecule has 4 aliphatic heterocycles. The van der Waals surface area contributed by atoms with Crippen LogP contribution in [0, 0.1) is 11.8 Å². The van der Waals surface area contributed by atoms with E-state index in [1.807, 2.05) is 0 Å². The van der Waals surface area contributed by atoms with Gasteiger partial charge in [0.2, 0.25) is 18.3 Å². The molecule has 0 radical (unpaired) electrons. The van der Waals surface area contributed by atoms with E-state index >= 15 is 0 Å². The van der Waals surface area contributed by atoms with Crippen LogP contribution in [0.25, 0.3) is 6.08 Å². The van der Waals surface area contributed by atoms with Crippen molar-refractivity contribution in [3.63, 3.8) is 0 Å². The van der Waals surface area contributed by atoms with Crippen molar-refractivity contribution in [2.75, 3.05) is 34.5 Å². The zero-order valence-corrected chi connectivity index (χ0v) is 28.2. The van der Waals surface area contributed by atoms with Gasteiger partial charge >= 0.3 is 5.97 Å². The van der Waals surface area contributed by atoms with E-state index < -0.39 is 61.4 Å². The molecule has 15 nitrogen and oxygen atoms in total. The van der Waals surface area contributed by atoms with Crippen LogP contribution in [0.2, 0.25) is 0 Å². The number of esters is 1. The summed E-state index contributed by atoms with van der Waals surface area (Å²) in [6, 6.07) is 5.99. The number of hydrogen-bond donors (Lipinski definition) is 5. The van der Waals surface area contributed by atoms with Crippen molar-refractivity contribution in [2.45, 2.75) is 55.9 Å². The second-order valence-electron chi connectivity index (χ2n) is 12.6. The SMILES string of the molecule is C=C[C@H]1[C@H](O[C@@H]2O[C@H](CO)[C@@H](O)[C@H](O)[C@H]2OC(=O)/C=C/c2cc(OC)c(O)c(OC)c2)OC=C2C(=O)N3CCc4cc(O)c(OC)cc4[C@H]3C[C@H]21. The Balaban J connectivity index is 1.23. The van der Waals surface area contributed by atoms with Gasteiger partial charge in [-0.3, -0.25) is 4.79 Å². The molecule has 2 aromatic rings. The highest BCUT2D eigenvalue weighted by Gasteiger charge is 2.52. The van der Waals surface area contributed by atoms with Crippen LogP contribution in [0.4, 0.5) is 0 Å². The van der Waals surface area contributed by atoms with Crippen LogP contribution in [0.3, 0.4) is 0 Å². The van der Waals surface area contributed by atoms with Gasteiger partial charge in [-0.2, -0.15) is 0 Å². The number of hydrogen-bond acceptors (Lipinski definition) is 14. The van der Waals surface area contributed by atoms with Crippen molar-refractivity contribution in [3.8, 4) is 28.7 Å². The van der Waals surface area contributed by atoms with E-state index in [1.54, 1.807) is 23.1 Å². The third kappa shape index (κ3) is 6.70. The zero-order valence-electron chi connectivity index (χ0n) is 28.2. The van der Waals surface area contributed by atoms with Crippen LogP contribution >= 0.6 is 0 Å². The number of aliphatic hydroxyl groups excluding tert-OH is 3. The second kappa shape index (κ2) is 14.8. The minimum Gasteiger partial charge on any atom is -0.504 e. The predicted octanol–water partition coefficient (Wildman–Crippen LogP) is 1.69. The summed E-state index contributed by atoms with van der Waals surface area (Å²) in [5, 5.41) is 52.1. The molecule has 15 heteroatoms. The van der Waals surface area contributed by atoms with Gasteiger partial charge in [-0.1, -0.05) is 6.08 Å². The topological polar surface area (TPSA) is 203 Å². The highest BCUT2D eigenvalue weighted by molar-refractivity contribution is 5.95. The Labute approximate surface area is 293 Å². The fourth-order valence-electron chi connectivity index (χ4n) is 7.16. The van der Waals surface area contributed by atoms with Gasteiger partial charge in [-0.15, -0.1) is 6.58 Å². The van der Waals surface area contributed by atoms with E-state index in [0.717, 1.165) is 17.2 Å². The molecule has 4 aliphatic rings. The maximum Gasteiger partial charge on any atom is 0.331 e. The quantitative estimate of drug-likeness (QED) is 0.135. The molecule has 2 fully saturated rings. The summed E-state index contributed by atoms with van der Waals surface area (Å²) in [5.41, 5.74) is 2.60. The maximum atomic E-state index is 13.8. The van der Waals surface area contributed by atoms with Gasteiger partial charge in [0.1, 0.15) is 18.3 Å². The van der Waals surface area contributed by atoms with Crippen LogP contribution in [0.15, 0.2) is 54.8 Å². The number of carbonyl (C=O) groups excluding carboxylic acids is 2. The standard InChI is InChI=1S/C36H41NO14/c1-5-19-21-13-23-20-14-25(45-2)24(39)12-18(20)8-9-37(23)34(44)22(21)16-48-35(19)51-36-33(32(43)31(42)28(15-38)49-36)50-29(40)7-6-17-10-26(46-3)30(41)27(11-17)47-4/h5-7,10-12,14,16,19,21,23,28,31-33,35-36,38-39,41-43H,1,8-9,13,15H2,2-4H3/b7-6+/t19-,21+,23-,28-,31-,32+,33-,35+,36+/m1/s1. The van der Waals surface area contributed by atoms with Crippen molar-refractivity contribution >= 4 is 18.0 Å². The van der Waals surface area contributed by atoms with Crippen molar-refractivity contribution in [2.24, 2.45) is 11.8 Å². The van der Waals surface area contributed by atoms with Crippen molar-refractivity contribution in [1.82, 2.24) is 4.90 Å². The summed E-state index contributed by atoms with van der Waals surface area (Å²) in [4.78, 5) is 28.6. The number of aromatic hydroxyl groups is 2. The van der Waals surface area contributed by atoms with E-state index in [1.165, 1.54) is 45.8 Å². The minimum absolute atomic E-state index is 0.0171. The summed E-state index contributed by atoms with van der Waals surface area (Å²) < 4.78 is 39.1. The molecule has 0 bridgehead atoms. The normalized spacial score (nSPS) is 29.9. The van der Waals surface area contributed by atoms with Crippen LogP contribution in [0.1, 0.15) is 29.2 Å². The van der Waals surface area contributed by atoms with Gasteiger partial charge < -0.3 is 63.6 Å². The summed E-state index contributed by atoms with van der Waals surface area (Å²) in [5.74, 6) is -1.93. The van der Waals surface area contributed by atoms with Gasteiger partial charge in [-0.25, -0.2) is 4.79 Å². The molecule has 0 aliphatic carbocycles. The highest BCUT2D eigenvalue weighted by atomic mass is 16.8. The average Bonchev–Trinajstić information content (AvgIpc) is 3.13. The summed E-state index contributed by atoms with van der Waals surface area (Å²) in [6.07, 6.45) is -2.58. The number of piperidine rings is 1. The van der Waals surface area contributed by atoms with Gasteiger partial charge in [0.05, 0.1) is 45.8 Å². The Hall–Kier alpha value is -4.80. The van der Waals surface area contributed by atoms with E-state index in [2.05, 4.69) is 6.58 Å². The maximum absolute atomic E-state index is 13.8. The summed E-state index contributed by atoms with van der Waals surface area (Å²) in [6.45, 7) is 3.74. The van der Waals surface area contributed by atoms with Crippen LogP contribution in [-0.4, -0.2) is 114 Å².